The van der Waals surface area contributed by atoms with Crippen molar-refractivity contribution in [1.82, 2.24) is 5.32 Å². The minimum Gasteiger partial charge on any atom is -0.482 e. The summed E-state index contributed by atoms with van der Waals surface area (Å²) in [6.07, 6.45) is 1.94. The van der Waals surface area contributed by atoms with Crippen molar-refractivity contribution in [2.24, 2.45) is 5.92 Å². The van der Waals surface area contributed by atoms with Crippen LogP contribution in [-0.2, 0) is 14.3 Å². The second kappa shape index (κ2) is 9.27. The van der Waals surface area contributed by atoms with Crippen molar-refractivity contribution in [3.63, 3.8) is 0 Å². The summed E-state index contributed by atoms with van der Waals surface area (Å²) in [4.78, 5) is 23.0. The number of hydrogen-bond acceptors (Lipinski definition) is 5. The molecule has 7 heteroatoms. The number of nitrogens with one attached hydrogen (secondary N) is 2. The SMILES string of the molecule is COC(=O)COc1ccc(NC(=O)[C@@H]2CCCNC2)cc1.Cl. The average Bonchev–Trinajstić information content (AvgIpc) is 2.54. The molecule has 0 bridgehead atoms. The van der Waals surface area contributed by atoms with E-state index in [2.05, 4.69) is 15.4 Å². The number of carbonyl (C=O) groups excluding carboxylic acids is 2. The summed E-state index contributed by atoms with van der Waals surface area (Å²) < 4.78 is 9.73. The molecule has 1 fully saturated rings. The van der Waals surface area contributed by atoms with Gasteiger partial charge in [0.05, 0.1) is 13.0 Å². The molecule has 2 N–H and O–H groups in total. The molecule has 0 aliphatic carbocycles. The summed E-state index contributed by atoms with van der Waals surface area (Å²) in [5, 5.41) is 6.11. The molecule has 0 saturated carbocycles. The summed E-state index contributed by atoms with van der Waals surface area (Å²) >= 11 is 0. The number of anilines is 1. The van der Waals surface area contributed by atoms with Gasteiger partial charge in [0.15, 0.2) is 6.61 Å². The van der Waals surface area contributed by atoms with Crippen LogP contribution in [0.5, 0.6) is 5.75 Å². The van der Waals surface area contributed by atoms with Crippen LogP contribution in [0, 0.1) is 5.92 Å². The van der Waals surface area contributed by atoms with Crippen molar-refractivity contribution >= 4 is 30.0 Å². The quantitative estimate of drug-likeness (QED) is 0.803. The maximum atomic E-state index is 12.1. The summed E-state index contributed by atoms with van der Waals surface area (Å²) in [5.41, 5.74) is 0.719. The van der Waals surface area contributed by atoms with Gasteiger partial charge in [0.2, 0.25) is 5.91 Å². The first-order valence-corrected chi connectivity index (χ1v) is 7.00. The Kier molecular flexibility index (Phi) is 7.70. The first-order chi connectivity index (χ1) is 10.2. The lowest BCUT2D eigenvalue weighted by molar-refractivity contribution is -0.142. The van der Waals surface area contributed by atoms with Gasteiger partial charge in [-0.05, 0) is 43.7 Å². The van der Waals surface area contributed by atoms with Crippen LogP contribution in [0.15, 0.2) is 24.3 Å². The predicted octanol–water partition coefficient (Wildman–Crippen LogP) is 1.60. The minimum atomic E-state index is -0.433. The van der Waals surface area contributed by atoms with Gasteiger partial charge in [-0.2, -0.15) is 0 Å². The zero-order valence-corrected chi connectivity index (χ0v) is 13.3. The third kappa shape index (κ3) is 5.54. The molecule has 2 rings (SSSR count). The molecule has 1 aromatic carbocycles. The monoisotopic (exact) mass is 328 g/mol. The van der Waals surface area contributed by atoms with Crippen LogP contribution < -0.4 is 15.4 Å². The van der Waals surface area contributed by atoms with Gasteiger partial charge < -0.3 is 20.1 Å². The number of hydrogen-bond donors (Lipinski definition) is 2. The lowest BCUT2D eigenvalue weighted by Gasteiger charge is -2.21. The molecule has 1 heterocycles. The number of amides is 1. The van der Waals surface area contributed by atoms with Gasteiger partial charge in [0, 0.05) is 12.2 Å². The van der Waals surface area contributed by atoms with Crippen molar-refractivity contribution < 1.29 is 19.1 Å². The van der Waals surface area contributed by atoms with Crippen LogP contribution in [0.2, 0.25) is 0 Å². The van der Waals surface area contributed by atoms with Crippen LogP contribution >= 0.6 is 12.4 Å². The zero-order valence-electron chi connectivity index (χ0n) is 12.5. The fourth-order valence-corrected chi connectivity index (χ4v) is 2.16. The van der Waals surface area contributed by atoms with Crippen LogP contribution in [0.1, 0.15) is 12.8 Å². The minimum absolute atomic E-state index is 0. The molecular weight excluding hydrogens is 308 g/mol. The van der Waals surface area contributed by atoms with Gasteiger partial charge in [-0.1, -0.05) is 0 Å². The molecular formula is C15H21ClN2O4. The van der Waals surface area contributed by atoms with Gasteiger partial charge in [-0.25, -0.2) is 4.79 Å². The van der Waals surface area contributed by atoms with Crippen molar-refractivity contribution in [3.8, 4) is 5.75 Å². The van der Waals surface area contributed by atoms with E-state index in [4.69, 9.17) is 4.74 Å². The molecule has 1 aliphatic heterocycles. The summed E-state index contributed by atoms with van der Waals surface area (Å²) in [5.74, 6) is 0.175. The highest BCUT2D eigenvalue weighted by molar-refractivity contribution is 5.92. The predicted molar refractivity (Wildman–Crippen MR) is 85.4 cm³/mol. The molecule has 1 saturated heterocycles. The molecule has 1 aliphatic rings. The Morgan fingerprint density at radius 3 is 2.64 bits per heavy atom. The third-order valence-electron chi connectivity index (χ3n) is 3.37. The maximum Gasteiger partial charge on any atom is 0.343 e. The van der Waals surface area contributed by atoms with E-state index in [1.165, 1.54) is 7.11 Å². The van der Waals surface area contributed by atoms with Crippen molar-refractivity contribution in [2.75, 3.05) is 32.1 Å². The fourth-order valence-electron chi connectivity index (χ4n) is 2.16. The number of esters is 1. The number of carbonyl (C=O) groups is 2. The number of piperidine rings is 1. The Morgan fingerprint density at radius 2 is 2.05 bits per heavy atom. The van der Waals surface area contributed by atoms with Crippen molar-refractivity contribution in [2.45, 2.75) is 12.8 Å². The van der Waals surface area contributed by atoms with Gasteiger partial charge >= 0.3 is 5.97 Å². The van der Waals surface area contributed by atoms with E-state index in [0.29, 0.717) is 5.75 Å². The van der Waals surface area contributed by atoms with E-state index in [-0.39, 0.29) is 30.8 Å². The van der Waals surface area contributed by atoms with E-state index in [9.17, 15) is 9.59 Å². The van der Waals surface area contributed by atoms with Crippen molar-refractivity contribution in [1.29, 1.82) is 0 Å². The molecule has 0 unspecified atom stereocenters. The molecule has 6 nitrogen and oxygen atoms in total. The first-order valence-electron chi connectivity index (χ1n) is 7.00. The topological polar surface area (TPSA) is 76.7 Å². The lowest BCUT2D eigenvalue weighted by atomic mass is 9.99. The van der Waals surface area contributed by atoms with Gasteiger partial charge in [-0.3, -0.25) is 4.79 Å². The number of halogens is 1. The highest BCUT2D eigenvalue weighted by atomic mass is 35.5. The van der Waals surface area contributed by atoms with Crippen LogP contribution in [-0.4, -0.2) is 38.7 Å². The van der Waals surface area contributed by atoms with E-state index in [1.807, 2.05) is 0 Å². The Morgan fingerprint density at radius 1 is 1.32 bits per heavy atom. The van der Waals surface area contributed by atoms with E-state index >= 15 is 0 Å². The second-order valence-electron chi connectivity index (χ2n) is 4.92. The molecule has 0 aromatic heterocycles. The Balaban J connectivity index is 0.00000242. The van der Waals surface area contributed by atoms with Gasteiger partial charge in [0.25, 0.3) is 0 Å². The first kappa shape index (κ1) is 18.3. The normalized spacial score (nSPS) is 17.0. The smallest absolute Gasteiger partial charge is 0.343 e. The molecule has 22 heavy (non-hydrogen) atoms. The highest BCUT2D eigenvalue weighted by Crippen LogP contribution is 2.18. The van der Waals surface area contributed by atoms with Gasteiger partial charge in [0.1, 0.15) is 5.75 Å². The summed E-state index contributed by atoms with van der Waals surface area (Å²) in [6.45, 7) is 1.58. The number of methoxy groups -OCH3 is 1. The summed E-state index contributed by atoms with van der Waals surface area (Å²) in [6, 6.07) is 6.91. The number of rotatable bonds is 5. The summed E-state index contributed by atoms with van der Waals surface area (Å²) in [7, 11) is 1.31. The molecule has 0 radical (unpaired) electrons. The Bertz CT molecular complexity index is 487. The van der Waals surface area contributed by atoms with E-state index in [0.717, 1.165) is 31.6 Å². The molecule has 122 valence electrons. The largest absolute Gasteiger partial charge is 0.482 e. The molecule has 1 atom stereocenters. The van der Waals surface area contributed by atoms with E-state index in [1.54, 1.807) is 24.3 Å². The van der Waals surface area contributed by atoms with Crippen LogP contribution in [0.4, 0.5) is 5.69 Å². The van der Waals surface area contributed by atoms with Crippen LogP contribution in [0.3, 0.4) is 0 Å². The third-order valence-corrected chi connectivity index (χ3v) is 3.37. The maximum absolute atomic E-state index is 12.1. The number of ether oxygens (including phenoxy) is 2. The van der Waals surface area contributed by atoms with E-state index < -0.39 is 5.97 Å². The molecule has 1 amide bonds. The molecule has 1 aromatic rings. The van der Waals surface area contributed by atoms with Crippen molar-refractivity contribution in [3.05, 3.63) is 24.3 Å². The second-order valence-corrected chi connectivity index (χ2v) is 4.92. The lowest BCUT2D eigenvalue weighted by Crippen LogP contribution is -2.37. The van der Waals surface area contributed by atoms with Crippen LogP contribution in [0.25, 0.3) is 0 Å². The standard InChI is InChI=1S/C15H20N2O4.ClH/c1-20-14(18)10-21-13-6-4-12(5-7-13)17-15(19)11-3-2-8-16-9-11;/h4-7,11,16H,2-3,8-10H2,1H3,(H,17,19);1H/t11-;/m1./s1. The van der Waals surface area contributed by atoms with Gasteiger partial charge in [-0.15, -0.1) is 12.4 Å². The zero-order chi connectivity index (χ0) is 15.1. The molecule has 0 spiro atoms. The average molecular weight is 329 g/mol. The Labute approximate surface area is 136 Å². The Hall–Kier alpha value is -1.79. The fraction of sp³-hybridized carbons (Fsp3) is 0.467. The number of benzene rings is 1. The highest BCUT2D eigenvalue weighted by Gasteiger charge is 2.20.